The number of rotatable bonds is 6. The molecule has 3 unspecified atom stereocenters. The van der Waals surface area contributed by atoms with E-state index >= 15 is 0 Å². The summed E-state index contributed by atoms with van der Waals surface area (Å²) in [5.41, 5.74) is 0. The molecule has 18 heavy (non-hydrogen) atoms. The number of carbonyl (C=O) groups excluding carboxylic acids is 1. The van der Waals surface area contributed by atoms with Gasteiger partial charge in [-0.05, 0) is 13.3 Å². The van der Waals surface area contributed by atoms with Crippen LogP contribution in [0.1, 0.15) is 33.1 Å². The van der Waals surface area contributed by atoms with Gasteiger partial charge >= 0.3 is 5.97 Å². The highest BCUT2D eigenvalue weighted by atomic mass is 16.5. The van der Waals surface area contributed by atoms with Crippen LogP contribution in [0.5, 0.6) is 0 Å². The number of ether oxygens (including phenoxy) is 2. The molecule has 0 saturated carbocycles. The molecule has 0 aromatic rings. The van der Waals surface area contributed by atoms with E-state index in [0.29, 0.717) is 13.2 Å². The van der Waals surface area contributed by atoms with Crippen molar-refractivity contribution in [2.75, 3.05) is 26.9 Å². The summed E-state index contributed by atoms with van der Waals surface area (Å²) in [6, 6.07) is -0.0448. The summed E-state index contributed by atoms with van der Waals surface area (Å²) in [6.07, 6.45) is 2.64. The molecule has 1 rings (SSSR count). The minimum absolute atomic E-state index is 0.00904. The Morgan fingerprint density at radius 1 is 1.61 bits per heavy atom. The maximum absolute atomic E-state index is 11.9. The number of unbranched alkanes of at least 4 members (excludes halogenated alkanes) is 1. The van der Waals surface area contributed by atoms with Gasteiger partial charge in [-0.3, -0.25) is 9.69 Å². The van der Waals surface area contributed by atoms with Gasteiger partial charge < -0.3 is 14.6 Å². The third-order valence-electron chi connectivity index (χ3n) is 3.46. The Morgan fingerprint density at radius 2 is 2.33 bits per heavy atom. The third-order valence-corrected chi connectivity index (χ3v) is 3.46. The van der Waals surface area contributed by atoms with Gasteiger partial charge in [0.25, 0.3) is 0 Å². The molecule has 1 heterocycles. The standard InChI is InChI=1S/C13H25NO4/c1-4-5-6-12(13(16)17-3)14-7-11(8-15)18-9-10(14)2/h10-12,15H,4-9H2,1-3H3. The molecule has 1 aliphatic heterocycles. The van der Waals surface area contributed by atoms with E-state index in [4.69, 9.17) is 9.47 Å². The normalized spacial score (nSPS) is 26.9. The van der Waals surface area contributed by atoms with E-state index in [1.165, 1.54) is 7.11 Å². The number of morpholine rings is 1. The van der Waals surface area contributed by atoms with Crippen LogP contribution in [0.15, 0.2) is 0 Å². The Labute approximate surface area is 109 Å². The zero-order valence-electron chi connectivity index (χ0n) is 11.6. The molecule has 0 spiro atoms. The number of methoxy groups -OCH3 is 1. The Kier molecular flexibility index (Phi) is 6.60. The number of carbonyl (C=O) groups is 1. The summed E-state index contributed by atoms with van der Waals surface area (Å²) >= 11 is 0. The molecule has 0 bridgehead atoms. The van der Waals surface area contributed by atoms with Crippen molar-refractivity contribution in [3.63, 3.8) is 0 Å². The Bertz CT molecular complexity index is 259. The average molecular weight is 259 g/mol. The van der Waals surface area contributed by atoms with Crippen molar-refractivity contribution in [2.45, 2.75) is 51.3 Å². The maximum Gasteiger partial charge on any atom is 0.323 e. The molecule has 5 heteroatoms. The molecule has 0 radical (unpaired) electrons. The summed E-state index contributed by atoms with van der Waals surface area (Å²) in [6.45, 7) is 5.26. The molecule has 0 aromatic carbocycles. The van der Waals surface area contributed by atoms with Crippen LogP contribution in [0.4, 0.5) is 0 Å². The molecule has 0 amide bonds. The SMILES string of the molecule is CCCCC(C(=O)OC)N1CC(CO)OCC1C. The highest BCUT2D eigenvalue weighted by molar-refractivity contribution is 5.75. The van der Waals surface area contributed by atoms with Crippen LogP contribution in [0, 0.1) is 0 Å². The van der Waals surface area contributed by atoms with Crippen LogP contribution in [-0.4, -0.2) is 61.0 Å². The summed E-state index contributed by atoms with van der Waals surface area (Å²) < 4.78 is 10.4. The highest BCUT2D eigenvalue weighted by Crippen LogP contribution is 2.19. The van der Waals surface area contributed by atoms with Crippen LogP contribution < -0.4 is 0 Å². The number of nitrogens with zero attached hydrogens (tertiary/aromatic N) is 1. The molecule has 106 valence electrons. The number of aliphatic hydroxyl groups is 1. The predicted molar refractivity (Wildman–Crippen MR) is 68.3 cm³/mol. The van der Waals surface area contributed by atoms with Gasteiger partial charge in [0.2, 0.25) is 0 Å². The van der Waals surface area contributed by atoms with Gasteiger partial charge in [-0.25, -0.2) is 0 Å². The van der Waals surface area contributed by atoms with Gasteiger partial charge in [0.1, 0.15) is 6.04 Å². The minimum atomic E-state index is -0.220. The van der Waals surface area contributed by atoms with Crippen LogP contribution in [0.2, 0.25) is 0 Å². The molecule has 1 fully saturated rings. The van der Waals surface area contributed by atoms with Crippen molar-refractivity contribution in [1.82, 2.24) is 4.90 Å². The fourth-order valence-electron chi connectivity index (χ4n) is 2.34. The van der Waals surface area contributed by atoms with E-state index in [-0.39, 0.29) is 30.8 Å². The van der Waals surface area contributed by atoms with E-state index in [9.17, 15) is 9.90 Å². The third kappa shape index (κ3) is 3.93. The van der Waals surface area contributed by atoms with E-state index in [0.717, 1.165) is 19.3 Å². The molecule has 5 nitrogen and oxygen atoms in total. The topological polar surface area (TPSA) is 59.0 Å². The van der Waals surface area contributed by atoms with Gasteiger partial charge in [-0.2, -0.15) is 0 Å². The van der Waals surface area contributed by atoms with Crippen LogP contribution in [0.25, 0.3) is 0 Å². The lowest BCUT2D eigenvalue weighted by molar-refractivity contribution is -0.155. The van der Waals surface area contributed by atoms with Gasteiger partial charge in [-0.1, -0.05) is 19.8 Å². The van der Waals surface area contributed by atoms with Crippen molar-refractivity contribution in [2.24, 2.45) is 0 Å². The number of hydrogen-bond donors (Lipinski definition) is 1. The van der Waals surface area contributed by atoms with E-state index in [2.05, 4.69) is 11.8 Å². The lowest BCUT2D eigenvalue weighted by Gasteiger charge is -2.41. The zero-order valence-corrected chi connectivity index (χ0v) is 11.6. The predicted octanol–water partition coefficient (Wildman–Crippen LogP) is 0.800. The van der Waals surface area contributed by atoms with Gasteiger partial charge in [0, 0.05) is 12.6 Å². The van der Waals surface area contributed by atoms with Crippen molar-refractivity contribution in [1.29, 1.82) is 0 Å². The maximum atomic E-state index is 11.9. The van der Waals surface area contributed by atoms with Crippen molar-refractivity contribution < 1.29 is 19.4 Å². The Hall–Kier alpha value is -0.650. The molecule has 3 atom stereocenters. The second-order valence-corrected chi connectivity index (χ2v) is 4.86. The summed E-state index contributed by atoms with van der Waals surface area (Å²) in [5.74, 6) is -0.186. The van der Waals surface area contributed by atoms with Crippen LogP contribution in [-0.2, 0) is 14.3 Å². The quantitative estimate of drug-likeness (QED) is 0.715. The average Bonchev–Trinajstić information content (AvgIpc) is 2.40. The van der Waals surface area contributed by atoms with Crippen molar-refractivity contribution >= 4 is 5.97 Å². The number of hydrogen-bond acceptors (Lipinski definition) is 5. The molecular formula is C13H25NO4. The van der Waals surface area contributed by atoms with Crippen LogP contribution >= 0.6 is 0 Å². The smallest absolute Gasteiger partial charge is 0.323 e. The first-order valence-electron chi connectivity index (χ1n) is 6.70. The lowest BCUT2D eigenvalue weighted by Crippen LogP contribution is -2.56. The number of esters is 1. The molecule has 1 N–H and O–H groups in total. The first-order chi connectivity index (χ1) is 8.63. The first kappa shape index (κ1) is 15.4. The monoisotopic (exact) mass is 259 g/mol. The molecule has 1 aliphatic rings. The van der Waals surface area contributed by atoms with Gasteiger partial charge in [0.15, 0.2) is 0 Å². The fourth-order valence-corrected chi connectivity index (χ4v) is 2.34. The lowest BCUT2D eigenvalue weighted by atomic mass is 10.0. The van der Waals surface area contributed by atoms with Crippen molar-refractivity contribution in [3.05, 3.63) is 0 Å². The molecule has 0 aliphatic carbocycles. The van der Waals surface area contributed by atoms with Crippen LogP contribution in [0.3, 0.4) is 0 Å². The van der Waals surface area contributed by atoms with E-state index in [1.54, 1.807) is 0 Å². The first-order valence-corrected chi connectivity index (χ1v) is 6.70. The Balaban J connectivity index is 2.71. The van der Waals surface area contributed by atoms with Gasteiger partial charge in [-0.15, -0.1) is 0 Å². The van der Waals surface area contributed by atoms with E-state index < -0.39 is 0 Å². The summed E-state index contributed by atoms with van der Waals surface area (Å²) in [7, 11) is 1.43. The molecule has 0 aromatic heterocycles. The molecule has 1 saturated heterocycles. The second kappa shape index (κ2) is 7.71. The largest absolute Gasteiger partial charge is 0.468 e. The minimum Gasteiger partial charge on any atom is -0.468 e. The Morgan fingerprint density at radius 3 is 2.89 bits per heavy atom. The molecular weight excluding hydrogens is 234 g/mol. The summed E-state index contributed by atoms with van der Waals surface area (Å²) in [4.78, 5) is 14.0. The summed E-state index contributed by atoms with van der Waals surface area (Å²) in [5, 5.41) is 9.18. The number of aliphatic hydroxyl groups excluding tert-OH is 1. The second-order valence-electron chi connectivity index (χ2n) is 4.86. The fraction of sp³-hybridized carbons (Fsp3) is 0.923. The van der Waals surface area contributed by atoms with Gasteiger partial charge in [0.05, 0.1) is 26.4 Å². The van der Waals surface area contributed by atoms with Crippen molar-refractivity contribution in [3.8, 4) is 0 Å². The zero-order chi connectivity index (χ0) is 13.5. The van der Waals surface area contributed by atoms with E-state index in [1.807, 2.05) is 6.92 Å². The highest BCUT2D eigenvalue weighted by Gasteiger charge is 2.34.